The lowest BCUT2D eigenvalue weighted by molar-refractivity contribution is 0.0766. The lowest BCUT2D eigenvalue weighted by Gasteiger charge is -2.31. The standard InChI is InChI=1S/C18H15Cl2N3O/c1-13(14-2-6-16(19)7-3-14)18(24,10-23-12-21-11-22-23)15-4-8-17(20)9-5-15/h2-9,11-12,24H,1,10H2. The van der Waals surface area contributed by atoms with Crippen LogP contribution in [0.15, 0.2) is 67.8 Å². The number of aliphatic hydroxyl groups is 1. The molecule has 4 nitrogen and oxygen atoms in total. The van der Waals surface area contributed by atoms with Gasteiger partial charge in [-0.3, -0.25) is 0 Å². The normalized spacial score (nSPS) is 13.5. The molecule has 122 valence electrons. The zero-order valence-corrected chi connectivity index (χ0v) is 14.2. The second kappa shape index (κ2) is 6.77. The molecule has 0 aliphatic heterocycles. The van der Waals surface area contributed by atoms with Gasteiger partial charge in [0.05, 0.1) is 6.54 Å². The van der Waals surface area contributed by atoms with Crippen molar-refractivity contribution in [1.82, 2.24) is 14.8 Å². The van der Waals surface area contributed by atoms with E-state index >= 15 is 0 Å². The first-order valence-electron chi connectivity index (χ1n) is 7.25. The highest BCUT2D eigenvalue weighted by Crippen LogP contribution is 2.37. The van der Waals surface area contributed by atoms with Gasteiger partial charge in [-0.25, -0.2) is 9.67 Å². The second-order valence-electron chi connectivity index (χ2n) is 5.45. The molecule has 1 aromatic heterocycles. The molecule has 3 aromatic rings. The second-order valence-corrected chi connectivity index (χ2v) is 6.32. The van der Waals surface area contributed by atoms with Gasteiger partial charge in [0.15, 0.2) is 0 Å². The first-order valence-corrected chi connectivity index (χ1v) is 8.01. The van der Waals surface area contributed by atoms with E-state index in [0.717, 1.165) is 5.56 Å². The van der Waals surface area contributed by atoms with Crippen LogP contribution in [0.2, 0.25) is 10.0 Å². The van der Waals surface area contributed by atoms with Crippen molar-refractivity contribution in [2.75, 3.05) is 0 Å². The number of nitrogens with zero attached hydrogens (tertiary/aromatic N) is 3. The first kappa shape index (κ1) is 16.7. The van der Waals surface area contributed by atoms with Crippen LogP contribution in [0.3, 0.4) is 0 Å². The number of aromatic nitrogens is 3. The summed E-state index contributed by atoms with van der Waals surface area (Å²) < 4.78 is 1.57. The van der Waals surface area contributed by atoms with Crippen LogP contribution in [0, 0.1) is 0 Å². The molecule has 1 heterocycles. The van der Waals surface area contributed by atoms with Crippen LogP contribution in [0.1, 0.15) is 11.1 Å². The third-order valence-electron chi connectivity index (χ3n) is 3.87. The highest BCUT2D eigenvalue weighted by molar-refractivity contribution is 6.30. The average molecular weight is 360 g/mol. The molecule has 1 unspecified atom stereocenters. The molecule has 0 aliphatic rings. The van der Waals surface area contributed by atoms with Crippen LogP contribution in [-0.4, -0.2) is 19.9 Å². The van der Waals surface area contributed by atoms with Crippen LogP contribution in [0.4, 0.5) is 0 Å². The minimum Gasteiger partial charge on any atom is -0.378 e. The van der Waals surface area contributed by atoms with E-state index in [2.05, 4.69) is 16.7 Å². The van der Waals surface area contributed by atoms with Crippen LogP contribution < -0.4 is 0 Å². The summed E-state index contributed by atoms with van der Waals surface area (Å²) in [6.45, 7) is 4.30. The van der Waals surface area contributed by atoms with Crippen molar-refractivity contribution in [1.29, 1.82) is 0 Å². The zero-order valence-electron chi connectivity index (χ0n) is 12.7. The van der Waals surface area contributed by atoms with Gasteiger partial charge in [0, 0.05) is 10.0 Å². The molecule has 0 spiro atoms. The van der Waals surface area contributed by atoms with Crippen molar-refractivity contribution in [3.63, 3.8) is 0 Å². The predicted molar refractivity (Wildman–Crippen MR) is 95.9 cm³/mol. The summed E-state index contributed by atoms with van der Waals surface area (Å²) in [5.41, 5.74) is 0.628. The molecule has 0 saturated heterocycles. The van der Waals surface area contributed by atoms with Crippen molar-refractivity contribution in [3.05, 3.63) is 88.9 Å². The lowest BCUT2D eigenvalue weighted by atomic mass is 9.83. The van der Waals surface area contributed by atoms with E-state index in [9.17, 15) is 5.11 Å². The summed E-state index contributed by atoms with van der Waals surface area (Å²) in [5.74, 6) is 0. The molecule has 0 radical (unpaired) electrons. The SMILES string of the molecule is C=C(c1ccc(Cl)cc1)C(O)(Cn1cncn1)c1ccc(Cl)cc1. The Morgan fingerprint density at radius 2 is 1.62 bits per heavy atom. The summed E-state index contributed by atoms with van der Waals surface area (Å²) >= 11 is 11.9. The maximum atomic E-state index is 11.5. The Bertz CT molecular complexity index is 830. The van der Waals surface area contributed by atoms with Crippen molar-refractivity contribution < 1.29 is 5.11 Å². The molecule has 2 aromatic carbocycles. The van der Waals surface area contributed by atoms with Gasteiger partial charge in [-0.1, -0.05) is 54.0 Å². The molecule has 1 atom stereocenters. The van der Waals surface area contributed by atoms with Gasteiger partial charge in [0.1, 0.15) is 18.3 Å². The van der Waals surface area contributed by atoms with E-state index in [1.165, 1.54) is 6.33 Å². The third kappa shape index (κ3) is 3.36. The Hall–Kier alpha value is -2.14. The summed E-state index contributed by atoms with van der Waals surface area (Å²) in [6, 6.07) is 14.2. The van der Waals surface area contributed by atoms with Gasteiger partial charge in [-0.2, -0.15) is 5.10 Å². The minimum absolute atomic E-state index is 0.177. The third-order valence-corrected chi connectivity index (χ3v) is 4.38. The molecule has 0 aliphatic carbocycles. The smallest absolute Gasteiger partial charge is 0.137 e. The van der Waals surface area contributed by atoms with Crippen LogP contribution in [-0.2, 0) is 12.1 Å². The van der Waals surface area contributed by atoms with E-state index in [-0.39, 0.29) is 6.54 Å². The number of hydrogen-bond acceptors (Lipinski definition) is 3. The Kier molecular flexibility index (Phi) is 4.71. The fraction of sp³-hybridized carbons (Fsp3) is 0.111. The maximum Gasteiger partial charge on any atom is 0.137 e. The monoisotopic (exact) mass is 359 g/mol. The Balaban J connectivity index is 2.05. The maximum absolute atomic E-state index is 11.5. The summed E-state index contributed by atoms with van der Waals surface area (Å²) in [4.78, 5) is 3.93. The molecule has 0 amide bonds. The summed E-state index contributed by atoms with van der Waals surface area (Å²) in [7, 11) is 0. The number of hydrogen-bond donors (Lipinski definition) is 1. The number of halogens is 2. The Labute approximate surface area is 150 Å². The zero-order chi connectivity index (χ0) is 17.2. The molecular weight excluding hydrogens is 345 g/mol. The number of rotatable bonds is 5. The molecule has 6 heteroatoms. The molecule has 0 saturated carbocycles. The molecule has 3 rings (SSSR count). The summed E-state index contributed by atoms with van der Waals surface area (Å²) in [6.07, 6.45) is 2.98. The van der Waals surface area contributed by atoms with E-state index in [1.54, 1.807) is 47.4 Å². The molecule has 1 N–H and O–H groups in total. The highest BCUT2D eigenvalue weighted by Gasteiger charge is 2.34. The van der Waals surface area contributed by atoms with Gasteiger partial charge in [-0.15, -0.1) is 0 Å². The molecular formula is C18H15Cl2N3O. The Morgan fingerprint density at radius 3 is 2.17 bits per heavy atom. The van der Waals surface area contributed by atoms with Gasteiger partial charge >= 0.3 is 0 Å². The quantitative estimate of drug-likeness (QED) is 0.742. The van der Waals surface area contributed by atoms with E-state index < -0.39 is 5.60 Å². The number of benzene rings is 2. The lowest BCUT2D eigenvalue weighted by Crippen LogP contribution is -2.33. The predicted octanol–water partition coefficient (Wildman–Crippen LogP) is 4.19. The van der Waals surface area contributed by atoms with Gasteiger partial charge in [-0.05, 0) is 41.0 Å². The van der Waals surface area contributed by atoms with Crippen LogP contribution >= 0.6 is 23.2 Å². The van der Waals surface area contributed by atoms with Gasteiger partial charge in [0.2, 0.25) is 0 Å². The minimum atomic E-state index is -1.37. The summed E-state index contributed by atoms with van der Waals surface area (Å²) in [5, 5.41) is 16.8. The van der Waals surface area contributed by atoms with Crippen LogP contribution in [0.25, 0.3) is 5.57 Å². The molecule has 24 heavy (non-hydrogen) atoms. The van der Waals surface area contributed by atoms with Gasteiger partial charge < -0.3 is 5.11 Å². The molecule has 0 fully saturated rings. The van der Waals surface area contributed by atoms with Crippen molar-refractivity contribution >= 4 is 28.8 Å². The first-order chi connectivity index (χ1) is 11.5. The van der Waals surface area contributed by atoms with E-state index in [1.807, 2.05) is 12.1 Å². The van der Waals surface area contributed by atoms with Crippen molar-refractivity contribution in [3.8, 4) is 0 Å². The van der Waals surface area contributed by atoms with Crippen molar-refractivity contribution in [2.24, 2.45) is 0 Å². The fourth-order valence-corrected chi connectivity index (χ4v) is 2.78. The van der Waals surface area contributed by atoms with Crippen molar-refractivity contribution in [2.45, 2.75) is 12.1 Å². The topological polar surface area (TPSA) is 50.9 Å². The van der Waals surface area contributed by atoms with Gasteiger partial charge in [0.25, 0.3) is 0 Å². The highest BCUT2D eigenvalue weighted by atomic mass is 35.5. The van der Waals surface area contributed by atoms with E-state index in [0.29, 0.717) is 21.2 Å². The largest absolute Gasteiger partial charge is 0.378 e. The van der Waals surface area contributed by atoms with Crippen LogP contribution in [0.5, 0.6) is 0 Å². The van der Waals surface area contributed by atoms with E-state index in [4.69, 9.17) is 23.2 Å². The Morgan fingerprint density at radius 1 is 1.04 bits per heavy atom. The average Bonchev–Trinajstić information content (AvgIpc) is 3.08. The molecule has 0 bridgehead atoms. The fourth-order valence-electron chi connectivity index (χ4n) is 2.53.